The number of rotatable bonds is 17. The van der Waals surface area contributed by atoms with Crippen LogP contribution in [0.4, 0.5) is 0 Å². The minimum absolute atomic E-state index is 0.00760. The van der Waals surface area contributed by atoms with Crippen molar-refractivity contribution in [3.05, 3.63) is 11.6 Å². The SMILES string of the molecule is CC(=O)O[C@@H]1[C@@H](OC(C)=O)[C@H](O[C@@H]2[C@@H](O)[C@@H](O[C@@H]3[C@H](O)C(C)(C)C[C@H]4C5=CC[C@@H]6[C@]7(C)CC[C@H](O[C@@H]8O[C@H](C(=O)O)[C@@H](O)[C@H](O)[C@H]8O[C@@H]8O[C@H](CO)[C@H](O)[C@H](O)[C@H]8O[C@@H]8O[C@H](CO)[C@@H](O)[C@H](O)[C@H]8O)[C@](C)(CO)[C@@H]7CC[C@]6(C)[C@@]5(C)CC[C@@]34C)OC[C@@H]2O)OC[C@H]1OC(C)=O. The second kappa shape index (κ2) is 27.9. The average molecular weight is 1370 g/mol. The minimum Gasteiger partial charge on any atom is -0.479 e. The molecule has 9 fully saturated rings. The van der Waals surface area contributed by atoms with E-state index in [-0.39, 0.29) is 36.2 Å². The van der Waals surface area contributed by atoms with Crippen LogP contribution in [-0.2, 0) is 80.8 Å². The second-order valence-electron chi connectivity index (χ2n) is 30.1. The Kier molecular flexibility index (Phi) is 21.9. The second-order valence-corrected chi connectivity index (χ2v) is 30.1. The zero-order valence-electron chi connectivity index (χ0n) is 55.2. The van der Waals surface area contributed by atoms with Crippen molar-refractivity contribution < 1.29 is 152 Å². The number of aliphatic hydroxyl groups excluding tert-OH is 13. The number of carbonyl (C=O) groups is 4. The van der Waals surface area contributed by atoms with Gasteiger partial charge in [-0.1, -0.05) is 60.1 Å². The number of allylic oxidation sites excluding steroid dienone is 2. The number of carboxylic acid groups (broad SMARTS) is 1. The van der Waals surface area contributed by atoms with Crippen molar-refractivity contribution in [2.75, 3.05) is 33.0 Å². The van der Waals surface area contributed by atoms with Crippen LogP contribution in [0.1, 0.15) is 121 Å². The molecule has 4 saturated carbocycles. The first-order valence-electron chi connectivity index (χ1n) is 33.0. The molecule has 95 heavy (non-hydrogen) atoms. The highest BCUT2D eigenvalue weighted by molar-refractivity contribution is 5.73. The molecule has 5 heterocycles. The van der Waals surface area contributed by atoms with Gasteiger partial charge in [0.25, 0.3) is 0 Å². The quantitative estimate of drug-likeness (QED) is 0.0305. The van der Waals surface area contributed by atoms with E-state index in [2.05, 4.69) is 33.8 Å². The zero-order valence-corrected chi connectivity index (χ0v) is 55.2. The predicted molar refractivity (Wildman–Crippen MR) is 315 cm³/mol. The van der Waals surface area contributed by atoms with E-state index in [1.165, 1.54) is 5.57 Å². The monoisotopic (exact) mass is 1360 g/mol. The van der Waals surface area contributed by atoms with Crippen LogP contribution in [0, 0.1) is 50.2 Å². The van der Waals surface area contributed by atoms with Gasteiger partial charge in [-0.25, -0.2) is 4.79 Å². The molecule has 0 bridgehead atoms. The largest absolute Gasteiger partial charge is 0.479 e. The van der Waals surface area contributed by atoms with Crippen molar-refractivity contribution >= 4 is 23.9 Å². The third-order valence-electron chi connectivity index (χ3n) is 24.1. The fourth-order valence-electron chi connectivity index (χ4n) is 18.6. The highest BCUT2D eigenvalue weighted by Crippen LogP contribution is 2.76. The van der Waals surface area contributed by atoms with E-state index >= 15 is 0 Å². The molecule has 5 aliphatic carbocycles. The van der Waals surface area contributed by atoms with Crippen molar-refractivity contribution in [2.24, 2.45) is 50.2 Å². The molecule has 14 N–H and O–H groups in total. The molecule has 31 nitrogen and oxygen atoms in total. The third-order valence-corrected chi connectivity index (χ3v) is 24.1. The van der Waals surface area contributed by atoms with E-state index in [0.717, 1.165) is 20.8 Å². The summed E-state index contributed by atoms with van der Waals surface area (Å²) in [5.74, 6) is -4.47. The number of carbonyl (C=O) groups excluding carboxylic acids is 3. The first-order valence-corrected chi connectivity index (χ1v) is 33.0. The minimum atomic E-state index is -2.18. The number of hydrogen-bond donors (Lipinski definition) is 14. The Hall–Kier alpha value is -3.30. The van der Waals surface area contributed by atoms with Crippen LogP contribution in [-0.4, -0.2) is 288 Å². The van der Waals surface area contributed by atoms with Gasteiger partial charge >= 0.3 is 23.9 Å². The molecule has 0 spiro atoms. The summed E-state index contributed by atoms with van der Waals surface area (Å²) in [7, 11) is 0. The smallest absolute Gasteiger partial charge is 0.335 e. The Morgan fingerprint density at radius 3 is 1.71 bits per heavy atom. The van der Waals surface area contributed by atoms with Crippen molar-refractivity contribution in [3.8, 4) is 0 Å². The number of fused-ring (bicyclic) bond motifs is 7. The molecule has 10 aliphatic rings. The molecule has 31 heteroatoms. The molecular weight excluding hydrogens is 1260 g/mol. The molecular formula is C64H100O31. The number of hydrogen-bond acceptors (Lipinski definition) is 30. The lowest BCUT2D eigenvalue weighted by Crippen LogP contribution is -2.69. The molecule has 542 valence electrons. The first-order chi connectivity index (χ1) is 44.5. The van der Waals surface area contributed by atoms with Gasteiger partial charge < -0.3 is 133 Å². The van der Waals surface area contributed by atoms with Gasteiger partial charge in [0.05, 0.1) is 51.3 Å². The molecule has 34 atom stereocenters. The molecule has 5 saturated heterocycles. The number of aliphatic hydroxyl groups is 13. The average Bonchev–Trinajstić information content (AvgIpc) is 0.675. The molecule has 0 aromatic carbocycles. The van der Waals surface area contributed by atoms with Crippen LogP contribution in [0.15, 0.2) is 11.6 Å². The van der Waals surface area contributed by atoms with Gasteiger partial charge in [0.2, 0.25) is 0 Å². The molecule has 0 radical (unpaired) electrons. The molecule has 0 unspecified atom stereocenters. The fourth-order valence-corrected chi connectivity index (χ4v) is 18.6. The van der Waals surface area contributed by atoms with Crippen LogP contribution in [0.2, 0.25) is 0 Å². The van der Waals surface area contributed by atoms with E-state index in [9.17, 15) is 90.7 Å². The van der Waals surface area contributed by atoms with Gasteiger partial charge in [-0.05, 0) is 90.8 Å². The van der Waals surface area contributed by atoms with E-state index in [0.29, 0.717) is 44.9 Å². The highest BCUT2D eigenvalue weighted by Gasteiger charge is 2.71. The maximum Gasteiger partial charge on any atom is 0.335 e. The lowest BCUT2D eigenvalue weighted by Gasteiger charge is -2.72. The number of aliphatic carboxylic acids is 1. The Labute approximate surface area is 549 Å². The molecule has 0 aromatic heterocycles. The van der Waals surface area contributed by atoms with Crippen molar-refractivity contribution in [1.82, 2.24) is 0 Å². The maximum atomic E-state index is 12.7. The third kappa shape index (κ3) is 13.1. The fraction of sp³-hybridized carbons (Fsp3) is 0.906. The maximum absolute atomic E-state index is 12.7. The van der Waals surface area contributed by atoms with E-state index in [4.69, 9.17) is 61.6 Å². The summed E-state index contributed by atoms with van der Waals surface area (Å²) in [5.41, 5.74) is -2.72. The van der Waals surface area contributed by atoms with E-state index < -0.39 is 237 Å². The number of ether oxygens (including phenoxy) is 13. The van der Waals surface area contributed by atoms with Gasteiger partial charge in [0, 0.05) is 31.6 Å². The van der Waals surface area contributed by atoms with E-state index in [1.54, 1.807) is 0 Å². The van der Waals surface area contributed by atoms with Crippen LogP contribution < -0.4 is 0 Å². The molecule has 5 aliphatic heterocycles. The number of carboxylic acids is 1. The Morgan fingerprint density at radius 1 is 0.526 bits per heavy atom. The molecule has 0 amide bonds. The molecule has 10 rings (SSSR count). The Bertz CT molecular complexity index is 2770. The van der Waals surface area contributed by atoms with Gasteiger partial charge in [-0.3, -0.25) is 14.4 Å². The summed E-state index contributed by atoms with van der Waals surface area (Å²) in [6, 6.07) is 0. The van der Waals surface area contributed by atoms with Gasteiger partial charge in [-0.2, -0.15) is 0 Å². The van der Waals surface area contributed by atoms with Crippen LogP contribution in [0.3, 0.4) is 0 Å². The predicted octanol–water partition coefficient (Wildman–Crippen LogP) is -2.71. The summed E-state index contributed by atoms with van der Waals surface area (Å²) in [5, 5.41) is 156. The lowest BCUT2D eigenvalue weighted by molar-refractivity contribution is -0.397. The summed E-state index contributed by atoms with van der Waals surface area (Å²) in [6.07, 6.45) is -37.0. The van der Waals surface area contributed by atoms with E-state index in [1.807, 2.05) is 20.8 Å². The zero-order chi connectivity index (χ0) is 69.7. The van der Waals surface area contributed by atoms with Crippen LogP contribution in [0.25, 0.3) is 0 Å². The first kappa shape index (κ1) is 74.4. The molecule has 0 aromatic rings. The summed E-state index contributed by atoms with van der Waals surface area (Å²) in [6.45, 7) is 15.1. The Morgan fingerprint density at radius 2 is 1.09 bits per heavy atom. The summed E-state index contributed by atoms with van der Waals surface area (Å²) >= 11 is 0. The van der Waals surface area contributed by atoms with Crippen molar-refractivity contribution in [3.63, 3.8) is 0 Å². The van der Waals surface area contributed by atoms with Gasteiger partial charge in [0.15, 0.2) is 55.9 Å². The summed E-state index contributed by atoms with van der Waals surface area (Å²) in [4.78, 5) is 49.5. The standard InChI is InChI=1S/C64H100O31/c1-25(68)85-33-23-84-56(50(87-27(3)70)46(33)86-26(2)69)91-45-30(71)22-83-54(44(45)79)95-52-51(80)59(4,5)19-29-28-11-12-35-61(7)15-14-36(62(8,24-67)34(61)13-16-64(35,10)63(28,9)18-17-60(29,52)6)90-58-49(42(77)41(76)47(92-58)53(81)82)94-57-48(40(75)38(73)32(21-66)89-57)93-55-43(78)39(74)37(72)31(20-65)88-55/h11,29-52,54-58,65-67,71-80H,12-24H2,1-10H3,(H,81,82)/t29-,30-,31+,32+,33+,34+,35+,36-,37+,38-,39-,40-,41-,42-,43+,44+,45-,46-,47-,48+,49+,50+,51-,52+,54+,55-,56-,57-,58+,60+,61+,62+,63-,64-/m0/s1. The topological polar surface area (TPSA) is 471 Å². The normalized spacial score (nSPS) is 51.3. The highest BCUT2D eigenvalue weighted by atomic mass is 16.8. The van der Waals surface area contributed by atoms with Crippen LogP contribution >= 0.6 is 0 Å². The Balaban J connectivity index is 0.887. The lowest BCUT2D eigenvalue weighted by atomic mass is 9.33. The van der Waals surface area contributed by atoms with Crippen molar-refractivity contribution in [2.45, 2.75) is 280 Å². The van der Waals surface area contributed by atoms with Crippen molar-refractivity contribution in [1.29, 1.82) is 0 Å². The van der Waals surface area contributed by atoms with Gasteiger partial charge in [-0.15, -0.1) is 0 Å². The van der Waals surface area contributed by atoms with Crippen LogP contribution in [0.5, 0.6) is 0 Å². The summed E-state index contributed by atoms with van der Waals surface area (Å²) < 4.78 is 77.5. The number of esters is 3. The van der Waals surface area contributed by atoms with Gasteiger partial charge in [0.1, 0.15) is 85.5 Å².